The van der Waals surface area contributed by atoms with Gasteiger partial charge >= 0.3 is 12.2 Å². The number of nitrogens with zero attached hydrogens (tertiary/aromatic N) is 3. The number of carbonyl (C=O) groups excluding carboxylic acids is 2. The van der Waals surface area contributed by atoms with E-state index in [1.54, 1.807) is 24.3 Å². The lowest BCUT2D eigenvalue weighted by Crippen LogP contribution is -2.35. The van der Waals surface area contributed by atoms with E-state index >= 15 is 0 Å². The quantitative estimate of drug-likeness (QED) is 0.436. The van der Waals surface area contributed by atoms with Gasteiger partial charge in [-0.15, -0.1) is 10.2 Å². The number of nitrogens with one attached hydrogen (secondary N) is 1. The summed E-state index contributed by atoms with van der Waals surface area (Å²) in [6.07, 6.45) is -4.61. The average Bonchev–Trinajstić information content (AvgIpc) is 3.19. The molecule has 3 rings (SSSR count). The molecule has 34 heavy (non-hydrogen) atoms. The fraction of sp³-hybridized carbons (Fsp3) is 0.238. The van der Waals surface area contributed by atoms with Crippen LogP contribution in [0.2, 0.25) is 0 Å². The Kier molecular flexibility index (Phi) is 7.99. The minimum absolute atomic E-state index is 0.0687. The Bertz CT molecular complexity index is 1150. The molecule has 0 spiro atoms. The summed E-state index contributed by atoms with van der Waals surface area (Å²) in [4.78, 5) is 22.4. The number of aromatic nitrogens is 3. The standard InChI is InChI=1S/C21H20F3N5O4S/c1-32-15-5-7-16(8-6-15)33-12-17-27-28-20(34-10-9-18(30)26-19(25)31)29(17)14-4-2-3-13(11-14)21(22,23)24/h2-8,11H,9-10,12H2,1H3,(H3,25,26,30,31). The first-order chi connectivity index (χ1) is 16.2. The van der Waals surface area contributed by atoms with Crippen LogP contribution < -0.4 is 20.5 Å². The van der Waals surface area contributed by atoms with Crippen LogP contribution in [0.3, 0.4) is 0 Å². The first-order valence-corrected chi connectivity index (χ1v) is 10.8. The van der Waals surface area contributed by atoms with E-state index in [1.807, 2.05) is 5.32 Å². The molecule has 180 valence electrons. The van der Waals surface area contributed by atoms with E-state index in [9.17, 15) is 22.8 Å². The van der Waals surface area contributed by atoms with Crippen molar-refractivity contribution in [3.8, 4) is 17.2 Å². The van der Waals surface area contributed by atoms with Crippen molar-refractivity contribution in [3.05, 3.63) is 59.9 Å². The summed E-state index contributed by atoms with van der Waals surface area (Å²) in [5.74, 6) is 0.970. The molecule has 0 unspecified atom stereocenters. The van der Waals surface area contributed by atoms with Gasteiger partial charge in [-0.05, 0) is 42.5 Å². The van der Waals surface area contributed by atoms with Gasteiger partial charge < -0.3 is 15.2 Å². The highest BCUT2D eigenvalue weighted by molar-refractivity contribution is 7.99. The average molecular weight is 495 g/mol. The molecule has 0 bridgehead atoms. The first-order valence-electron chi connectivity index (χ1n) is 9.78. The molecule has 3 amide bonds. The fourth-order valence-corrected chi connectivity index (χ4v) is 3.73. The lowest BCUT2D eigenvalue weighted by molar-refractivity contribution is -0.137. The van der Waals surface area contributed by atoms with Crippen molar-refractivity contribution >= 4 is 23.7 Å². The zero-order chi connectivity index (χ0) is 24.7. The zero-order valence-corrected chi connectivity index (χ0v) is 18.7. The number of benzene rings is 2. The monoisotopic (exact) mass is 495 g/mol. The molecule has 0 aliphatic carbocycles. The van der Waals surface area contributed by atoms with E-state index in [4.69, 9.17) is 15.2 Å². The van der Waals surface area contributed by atoms with E-state index in [0.717, 1.165) is 23.9 Å². The van der Waals surface area contributed by atoms with Crippen LogP contribution in [-0.4, -0.2) is 39.6 Å². The Balaban J connectivity index is 1.85. The van der Waals surface area contributed by atoms with Crippen molar-refractivity contribution in [2.45, 2.75) is 24.4 Å². The van der Waals surface area contributed by atoms with Crippen molar-refractivity contribution in [2.75, 3.05) is 12.9 Å². The maximum Gasteiger partial charge on any atom is 0.416 e. The van der Waals surface area contributed by atoms with E-state index in [-0.39, 0.29) is 35.4 Å². The zero-order valence-electron chi connectivity index (χ0n) is 17.8. The second-order valence-electron chi connectivity index (χ2n) is 6.76. The number of thioether (sulfide) groups is 1. The molecular weight excluding hydrogens is 475 g/mol. The van der Waals surface area contributed by atoms with E-state index in [0.29, 0.717) is 11.5 Å². The Morgan fingerprint density at radius 1 is 1.12 bits per heavy atom. The number of urea groups is 1. The third kappa shape index (κ3) is 6.63. The summed E-state index contributed by atoms with van der Waals surface area (Å²) in [6, 6.07) is 10.5. The lowest BCUT2D eigenvalue weighted by Gasteiger charge is -2.13. The summed E-state index contributed by atoms with van der Waals surface area (Å²) < 4.78 is 52.1. The number of halogens is 3. The van der Waals surface area contributed by atoms with Crippen LogP contribution in [-0.2, 0) is 17.6 Å². The third-order valence-electron chi connectivity index (χ3n) is 4.38. The van der Waals surface area contributed by atoms with Crippen molar-refractivity contribution in [2.24, 2.45) is 5.73 Å². The number of amides is 3. The first kappa shape index (κ1) is 24.9. The molecule has 0 fully saturated rings. The normalized spacial score (nSPS) is 11.2. The van der Waals surface area contributed by atoms with Gasteiger partial charge in [0.25, 0.3) is 0 Å². The minimum Gasteiger partial charge on any atom is -0.497 e. The third-order valence-corrected chi connectivity index (χ3v) is 5.31. The second-order valence-corrected chi connectivity index (χ2v) is 7.82. The Hall–Kier alpha value is -3.74. The van der Waals surface area contributed by atoms with Crippen LogP contribution >= 0.6 is 11.8 Å². The molecule has 0 saturated heterocycles. The van der Waals surface area contributed by atoms with Crippen molar-refractivity contribution in [3.63, 3.8) is 0 Å². The number of hydrogen-bond acceptors (Lipinski definition) is 7. The number of rotatable bonds is 9. The summed E-state index contributed by atoms with van der Waals surface area (Å²) in [7, 11) is 1.53. The number of nitrogens with two attached hydrogens (primary N) is 1. The van der Waals surface area contributed by atoms with Gasteiger partial charge in [-0.1, -0.05) is 17.8 Å². The Labute approximate surface area is 196 Å². The van der Waals surface area contributed by atoms with Crippen LogP contribution in [0, 0.1) is 0 Å². The molecular formula is C21H20F3N5O4S. The van der Waals surface area contributed by atoms with Gasteiger partial charge in [-0.25, -0.2) is 4.79 Å². The highest BCUT2D eigenvalue weighted by atomic mass is 32.2. The highest BCUT2D eigenvalue weighted by Gasteiger charge is 2.31. The molecule has 0 aliphatic rings. The smallest absolute Gasteiger partial charge is 0.416 e. The number of methoxy groups -OCH3 is 1. The fourth-order valence-electron chi connectivity index (χ4n) is 2.82. The molecule has 0 aliphatic heterocycles. The molecule has 13 heteroatoms. The summed E-state index contributed by atoms with van der Waals surface area (Å²) in [5.41, 5.74) is 4.25. The minimum atomic E-state index is -4.54. The predicted octanol–water partition coefficient (Wildman–Crippen LogP) is 3.55. The maximum atomic E-state index is 13.3. The summed E-state index contributed by atoms with van der Waals surface area (Å²) in [6.45, 7) is -0.0850. The van der Waals surface area contributed by atoms with Gasteiger partial charge in [-0.2, -0.15) is 13.2 Å². The molecule has 2 aromatic carbocycles. The van der Waals surface area contributed by atoms with Crippen LogP contribution in [0.4, 0.5) is 18.0 Å². The van der Waals surface area contributed by atoms with Gasteiger partial charge in [0.15, 0.2) is 11.0 Å². The number of hydrogen-bond donors (Lipinski definition) is 2. The number of carbonyl (C=O) groups is 2. The van der Waals surface area contributed by atoms with E-state index in [2.05, 4.69) is 10.2 Å². The Morgan fingerprint density at radius 3 is 2.47 bits per heavy atom. The van der Waals surface area contributed by atoms with E-state index < -0.39 is 23.7 Å². The van der Waals surface area contributed by atoms with Crippen LogP contribution in [0.15, 0.2) is 53.7 Å². The second kappa shape index (κ2) is 10.9. The van der Waals surface area contributed by atoms with Crippen molar-refractivity contribution in [1.82, 2.24) is 20.1 Å². The van der Waals surface area contributed by atoms with Gasteiger partial charge in [0.05, 0.1) is 18.4 Å². The van der Waals surface area contributed by atoms with Crippen molar-refractivity contribution < 1.29 is 32.2 Å². The summed E-state index contributed by atoms with van der Waals surface area (Å²) in [5, 5.41) is 10.3. The molecule has 9 nitrogen and oxygen atoms in total. The van der Waals surface area contributed by atoms with Gasteiger partial charge in [0.1, 0.15) is 18.1 Å². The topological polar surface area (TPSA) is 121 Å². The molecule has 1 heterocycles. The number of alkyl halides is 3. The van der Waals surface area contributed by atoms with Gasteiger partial charge in [0, 0.05) is 12.2 Å². The molecule has 1 aromatic heterocycles. The number of ether oxygens (including phenoxy) is 2. The molecule has 0 radical (unpaired) electrons. The summed E-state index contributed by atoms with van der Waals surface area (Å²) >= 11 is 1.08. The largest absolute Gasteiger partial charge is 0.497 e. The highest BCUT2D eigenvalue weighted by Crippen LogP contribution is 2.32. The molecule has 3 aromatic rings. The predicted molar refractivity (Wildman–Crippen MR) is 117 cm³/mol. The molecule has 3 N–H and O–H groups in total. The molecule has 0 saturated carbocycles. The Morgan fingerprint density at radius 2 is 1.82 bits per heavy atom. The lowest BCUT2D eigenvalue weighted by atomic mass is 10.2. The molecule has 0 atom stereocenters. The van der Waals surface area contributed by atoms with Crippen LogP contribution in [0.5, 0.6) is 11.5 Å². The number of primary amides is 1. The number of imide groups is 1. The van der Waals surface area contributed by atoms with E-state index in [1.165, 1.54) is 23.8 Å². The van der Waals surface area contributed by atoms with Crippen LogP contribution in [0.1, 0.15) is 17.8 Å². The van der Waals surface area contributed by atoms with Crippen molar-refractivity contribution in [1.29, 1.82) is 0 Å². The van der Waals surface area contributed by atoms with Gasteiger partial charge in [-0.3, -0.25) is 14.7 Å². The van der Waals surface area contributed by atoms with Crippen LogP contribution in [0.25, 0.3) is 5.69 Å². The maximum absolute atomic E-state index is 13.3. The SMILES string of the molecule is COc1ccc(OCc2nnc(SCCC(=O)NC(N)=O)n2-c2cccc(C(F)(F)F)c2)cc1. The van der Waals surface area contributed by atoms with Gasteiger partial charge in [0.2, 0.25) is 5.91 Å².